The van der Waals surface area contributed by atoms with Gasteiger partial charge in [0, 0.05) is 24.5 Å². The van der Waals surface area contributed by atoms with E-state index in [4.69, 9.17) is 4.98 Å². The van der Waals surface area contributed by atoms with Crippen molar-refractivity contribution in [1.82, 2.24) is 14.5 Å². The zero-order chi connectivity index (χ0) is 12.5. The van der Waals surface area contributed by atoms with E-state index in [1.54, 1.807) is 12.4 Å². The highest BCUT2D eigenvalue weighted by Gasteiger charge is 2.10. The molecule has 2 heterocycles. The largest absolute Gasteiger partial charge is 0.324 e. The molecule has 0 atom stereocenters. The Labute approximate surface area is 106 Å². The van der Waals surface area contributed by atoms with Crippen LogP contribution in [0.1, 0.15) is 12.5 Å². The molecule has 1 aromatic carbocycles. The molecule has 90 valence electrons. The van der Waals surface area contributed by atoms with Crippen molar-refractivity contribution in [2.24, 2.45) is 0 Å². The van der Waals surface area contributed by atoms with Crippen LogP contribution in [0.15, 0.2) is 42.7 Å². The smallest absolute Gasteiger partial charge is 0.141 e. The highest BCUT2D eigenvalue weighted by Crippen LogP contribution is 2.24. The molecule has 0 radical (unpaired) electrons. The Bertz CT molecular complexity index is 684. The molecule has 18 heavy (non-hydrogen) atoms. The van der Waals surface area contributed by atoms with Crippen molar-refractivity contribution in [1.29, 1.82) is 0 Å². The monoisotopic (exact) mass is 237 g/mol. The SMILES string of the molecule is CCn1c(-c2ccncc2)nc2ccc(C)cc21. The maximum Gasteiger partial charge on any atom is 0.141 e. The lowest BCUT2D eigenvalue weighted by Crippen LogP contribution is -1.97. The quantitative estimate of drug-likeness (QED) is 0.683. The second kappa shape index (κ2) is 4.26. The first-order chi connectivity index (χ1) is 8.79. The third-order valence-corrected chi connectivity index (χ3v) is 3.16. The highest BCUT2D eigenvalue weighted by atomic mass is 15.1. The van der Waals surface area contributed by atoms with E-state index in [-0.39, 0.29) is 0 Å². The summed E-state index contributed by atoms with van der Waals surface area (Å²) in [7, 11) is 0. The number of pyridine rings is 1. The second-order valence-corrected chi connectivity index (χ2v) is 4.41. The van der Waals surface area contributed by atoms with E-state index in [0.717, 1.165) is 23.4 Å². The third-order valence-electron chi connectivity index (χ3n) is 3.16. The van der Waals surface area contributed by atoms with E-state index < -0.39 is 0 Å². The Morgan fingerprint density at radius 2 is 1.89 bits per heavy atom. The number of fused-ring (bicyclic) bond motifs is 1. The van der Waals surface area contributed by atoms with Crippen LogP contribution in [-0.2, 0) is 6.54 Å². The Morgan fingerprint density at radius 3 is 2.61 bits per heavy atom. The van der Waals surface area contributed by atoms with Crippen LogP contribution in [0.25, 0.3) is 22.4 Å². The Kier molecular flexibility index (Phi) is 2.59. The Hall–Kier alpha value is -2.16. The molecule has 0 aliphatic carbocycles. The van der Waals surface area contributed by atoms with Gasteiger partial charge in [0.15, 0.2) is 0 Å². The van der Waals surface area contributed by atoms with Gasteiger partial charge in [0.1, 0.15) is 5.82 Å². The molecule has 3 aromatic rings. The van der Waals surface area contributed by atoms with Crippen molar-refractivity contribution < 1.29 is 0 Å². The molecule has 0 saturated heterocycles. The number of rotatable bonds is 2. The average Bonchev–Trinajstić information content (AvgIpc) is 2.77. The molecule has 0 saturated carbocycles. The topological polar surface area (TPSA) is 30.7 Å². The third kappa shape index (κ3) is 1.68. The van der Waals surface area contributed by atoms with Crippen LogP contribution in [0.5, 0.6) is 0 Å². The summed E-state index contributed by atoms with van der Waals surface area (Å²) in [4.78, 5) is 8.79. The lowest BCUT2D eigenvalue weighted by molar-refractivity contribution is 0.796. The van der Waals surface area contributed by atoms with E-state index in [2.05, 4.69) is 41.6 Å². The van der Waals surface area contributed by atoms with E-state index in [9.17, 15) is 0 Å². The van der Waals surface area contributed by atoms with E-state index >= 15 is 0 Å². The minimum Gasteiger partial charge on any atom is -0.324 e. The number of nitrogens with zero attached hydrogens (tertiary/aromatic N) is 3. The summed E-state index contributed by atoms with van der Waals surface area (Å²) in [6.45, 7) is 5.17. The summed E-state index contributed by atoms with van der Waals surface area (Å²) >= 11 is 0. The first kappa shape index (κ1) is 11.0. The molecule has 0 aliphatic rings. The standard InChI is InChI=1S/C15H15N3/c1-3-18-14-10-11(2)4-5-13(14)17-15(18)12-6-8-16-9-7-12/h4-10H,3H2,1-2H3. The summed E-state index contributed by atoms with van der Waals surface area (Å²) in [6, 6.07) is 10.4. The molecule has 3 rings (SSSR count). The molecular weight excluding hydrogens is 222 g/mol. The fraction of sp³-hybridized carbons (Fsp3) is 0.200. The van der Waals surface area contributed by atoms with Gasteiger partial charge in [0.25, 0.3) is 0 Å². The molecule has 0 aliphatic heterocycles. The first-order valence-electron chi connectivity index (χ1n) is 6.17. The van der Waals surface area contributed by atoms with Crippen molar-refractivity contribution in [3.8, 4) is 11.4 Å². The van der Waals surface area contributed by atoms with Crippen LogP contribution in [0.4, 0.5) is 0 Å². The fourth-order valence-electron chi connectivity index (χ4n) is 2.27. The number of imidazole rings is 1. The predicted octanol–water partition coefficient (Wildman–Crippen LogP) is 3.43. The lowest BCUT2D eigenvalue weighted by atomic mass is 10.2. The molecule has 0 spiro atoms. The van der Waals surface area contributed by atoms with Crippen LogP contribution in [0.3, 0.4) is 0 Å². The summed E-state index contributed by atoms with van der Waals surface area (Å²) in [6.07, 6.45) is 3.61. The van der Waals surface area contributed by atoms with Crippen molar-refractivity contribution in [3.63, 3.8) is 0 Å². The van der Waals surface area contributed by atoms with Crippen LogP contribution >= 0.6 is 0 Å². The van der Waals surface area contributed by atoms with Crippen molar-refractivity contribution in [3.05, 3.63) is 48.3 Å². The maximum absolute atomic E-state index is 4.73. The number of aryl methyl sites for hydroxylation is 2. The van der Waals surface area contributed by atoms with Gasteiger partial charge in [-0.15, -0.1) is 0 Å². The zero-order valence-electron chi connectivity index (χ0n) is 10.6. The van der Waals surface area contributed by atoms with E-state index in [0.29, 0.717) is 0 Å². The van der Waals surface area contributed by atoms with Gasteiger partial charge in [0.2, 0.25) is 0 Å². The van der Waals surface area contributed by atoms with E-state index in [1.165, 1.54) is 11.1 Å². The Morgan fingerprint density at radius 1 is 1.11 bits per heavy atom. The number of hydrogen-bond donors (Lipinski definition) is 0. The molecule has 2 aromatic heterocycles. The van der Waals surface area contributed by atoms with Crippen LogP contribution in [0, 0.1) is 6.92 Å². The normalized spacial score (nSPS) is 11.0. The van der Waals surface area contributed by atoms with Gasteiger partial charge in [-0.2, -0.15) is 0 Å². The summed E-state index contributed by atoms with van der Waals surface area (Å²) in [5, 5.41) is 0. The second-order valence-electron chi connectivity index (χ2n) is 4.41. The van der Waals surface area contributed by atoms with E-state index in [1.807, 2.05) is 12.1 Å². The summed E-state index contributed by atoms with van der Waals surface area (Å²) < 4.78 is 2.25. The molecule has 3 nitrogen and oxygen atoms in total. The minimum atomic E-state index is 0.914. The zero-order valence-corrected chi connectivity index (χ0v) is 10.6. The molecular formula is C15H15N3. The van der Waals surface area contributed by atoms with Crippen LogP contribution in [-0.4, -0.2) is 14.5 Å². The maximum atomic E-state index is 4.73. The molecule has 0 amide bonds. The van der Waals surface area contributed by atoms with Crippen LogP contribution < -0.4 is 0 Å². The highest BCUT2D eigenvalue weighted by molar-refractivity contribution is 5.81. The number of hydrogen-bond acceptors (Lipinski definition) is 2. The first-order valence-corrected chi connectivity index (χ1v) is 6.17. The minimum absolute atomic E-state index is 0.914. The van der Waals surface area contributed by atoms with Crippen LogP contribution in [0.2, 0.25) is 0 Å². The Balaban J connectivity index is 2.30. The molecule has 3 heteroatoms. The van der Waals surface area contributed by atoms with Crippen molar-refractivity contribution in [2.75, 3.05) is 0 Å². The molecule has 0 unspecified atom stereocenters. The summed E-state index contributed by atoms with van der Waals surface area (Å²) in [5.74, 6) is 1.01. The van der Waals surface area contributed by atoms with Gasteiger partial charge >= 0.3 is 0 Å². The van der Waals surface area contributed by atoms with Gasteiger partial charge in [-0.3, -0.25) is 4.98 Å². The number of benzene rings is 1. The fourth-order valence-corrected chi connectivity index (χ4v) is 2.27. The lowest BCUT2D eigenvalue weighted by Gasteiger charge is -2.05. The van der Waals surface area contributed by atoms with Gasteiger partial charge in [-0.1, -0.05) is 6.07 Å². The predicted molar refractivity (Wildman–Crippen MR) is 73.4 cm³/mol. The molecule has 0 bridgehead atoms. The molecule has 0 N–H and O–H groups in total. The molecule has 0 fully saturated rings. The van der Waals surface area contributed by atoms with Crippen molar-refractivity contribution in [2.45, 2.75) is 20.4 Å². The number of aromatic nitrogens is 3. The van der Waals surface area contributed by atoms with Gasteiger partial charge in [-0.25, -0.2) is 4.98 Å². The van der Waals surface area contributed by atoms with Gasteiger partial charge < -0.3 is 4.57 Å². The van der Waals surface area contributed by atoms with Gasteiger partial charge in [0.05, 0.1) is 11.0 Å². The summed E-state index contributed by atoms with van der Waals surface area (Å²) in [5.41, 5.74) is 4.62. The average molecular weight is 237 g/mol. The van der Waals surface area contributed by atoms with Gasteiger partial charge in [-0.05, 0) is 43.7 Å². The van der Waals surface area contributed by atoms with Crippen molar-refractivity contribution >= 4 is 11.0 Å².